The number of aryl methyl sites for hydroxylation is 1. The zero-order valence-corrected chi connectivity index (χ0v) is 11.6. The van der Waals surface area contributed by atoms with Crippen LogP contribution in [0.15, 0.2) is 24.3 Å². The van der Waals surface area contributed by atoms with Gasteiger partial charge in [0.2, 0.25) is 5.91 Å². The summed E-state index contributed by atoms with van der Waals surface area (Å²) < 4.78 is 0. The maximum absolute atomic E-state index is 12.0. The van der Waals surface area contributed by atoms with Gasteiger partial charge in [0.15, 0.2) is 0 Å². The van der Waals surface area contributed by atoms with Crippen LogP contribution < -0.4 is 5.73 Å². The molecule has 0 radical (unpaired) electrons. The first kappa shape index (κ1) is 14.4. The summed E-state index contributed by atoms with van der Waals surface area (Å²) in [7, 11) is 0. The molecule has 2 rings (SSSR count). The molecule has 5 nitrogen and oxygen atoms in total. The normalized spacial score (nSPS) is 16.6. The molecule has 0 saturated carbocycles. The second kappa shape index (κ2) is 5.94. The highest BCUT2D eigenvalue weighted by atomic mass is 16.4. The first-order valence-electron chi connectivity index (χ1n) is 6.82. The fraction of sp³-hybridized carbons (Fsp3) is 0.467. The van der Waals surface area contributed by atoms with Crippen molar-refractivity contribution in [2.45, 2.75) is 19.8 Å². The number of hydrogen-bond acceptors (Lipinski definition) is 3. The van der Waals surface area contributed by atoms with Crippen LogP contribution in [-0.2, 0) is 16.0 Å². The van der Waals surface area contributed by atoms with Gasteiger partial charge >= 0.3 is 5.97 Å². The lowest BCUT2D eigenvalue weighted by atomic mass is 9.87. The van der Waals surface area contributed by atoms with Crippen LogP contribution in [0.3, 0.4) is 0 Å². The molecule has 3 N–H and O–H groups in total. The van der Waals surface area contributed by atoms with E-state index in [1.807, 2.05) is 24.3 Å². The highest BCUT2D eigenvalue weighted by molar-refractivity contribution is 5.78. The SMILES string of the molecule is CC(C(=O)O)C1CN(C(=O)CCc2ccc(N)cc2)C1. The second-order valence-electron chi connectivity index (χ2n) is 5.43. The van der Waals surface area contributed by atoms with Crippen LogP contribution in [0, 0.1) is 11.8 Å². The van der Waals surface area contributed by atoms with E-state index in [1.54, 1.807) is 11.8 Å². The van der Waals surface area contributed by atoms with Gasteiger partial charge in [0.05, 0.1) is 5.92 Å². The zero-order chi connectivity index (χ0) is 14.7. The molecule has 1 aromatic carbocycles. The number of carbonyl (C=O) groups is 2. The molecule has 0 bridgehead atoms. The molecule has 1 saturated heterocycles. The van der Waals surface area contributed by atoms with E-state index < -0.39 is 5.97 Å². The van der Waals surface area contributed by atoms with Gasteiger partial charge in [-0.25, -0.2) is 0 Å². The number of likely N-dealkylation sites (tertiary alicyclic amines) is 1. The maximum Gasteiger partial charge on any atom is 0.306 e. The van der Waals surface area contributed by atoms with Crippen LogP contribution >= 0.6 is 0 Å². The van der Waals surface area contributed by atoms with Crippen molar-refractivity contribution >= 4 is 17.6 Å². The Labute approximate surface area is 118 Å². The quantitative estimate of drug-likeness (QED) is 0.796. The fourth-order valence-corrected chi connectivity index (χ4v) is 2.33. The minimum absolute atomic E-state index is 0.0907. The summed E-state index contributed by atoms with van der Waals surface area (Å²) >= 11 is 0. The Hall–Kier alpha value is -2.04. The molecule has 0 spiro atoms. The Morgan fingerprint density at radius 3 is 2.50 bits per heavy atom. The lowest BCUT2D eigenvalue weighted by Crippen LogP contribution is -2.53. The lowest BCUT2D eigenvalue weighted by molar-refractivity contribution is -0.150. The monoisotopic (exact) mass is 276 g/mol. The van der Waals surface area contributed by atoms with Crippen molar-refractivity contribution in [3.8, 4) is 0 Å². The van der Waals surface area contributed by atoms with E-state index in [0.29, 0.717) is 31.6 Å². The summed E-state index contributed by atoms with van der Waals surface area (Å²) in [4.78, 5) is 24.5. The van der Waals surface area contributed by atoms with Gasteiger partial charge in [0, 0.05) is 31.1 Å². The molecule has 5 heteroatoms. The Kier molecular flexibility index (Phi) is 4.27. The van der Waals surface area contributed by atoms with Crippen LogP contribution in [0.5, 0.6) is 0 Å². The molecule has 1 heterocycles. The third-order valence-corrected chi connectivity index (χ3v) is 3.97. The van der Waals surface area contributed by atoms with Crippen LogP contribution in [0.2, 0.25) is 0 Å². The number of anilines is 1. The number of nitrogen functional groups attached to an aromatic ring is 1. The number of rotatable bonds is 5. The molecule has 1 atom stereocenters. The van der Waals surface area contributed by atoms with E-state index in [0.717, 1.165) is 5.56 Å². The molecule has 1 unspecified atom stereocenters. The third-order valence-electron chi connectivity index (χ3n) is 3.97. The zero-order valence-electron chi connectivity index (χ0n) is 11.6. The number of nitrogens with zero attached hydrogens (tertiary/aromatic N) is 1. The van der Waals surface area contributed by atoms with Crippen molar-refractivity contribution in [3.63, 3.8) is 0 Å². The number of carboxylic acid groups (broad SMARTS) is 1. The van der Waals surface area contributed by atoms with Crippen molar-refractivity contribution in [1.82, 2.24) is 4.90 Å². The molecular formula is C15H20N2O3. The van der Waals surface area contributed by atoms with Gasteiger partial charge in [-0.3, -0.25) is 9.59 Å². The largest absolute Gasteiger partial charge is 0.481 e. The fourth-order valence-electron chi connectivity index (χ4n) is 2.33. The molecule has 20 heavy (non-hydrogen) atoms. The molecule has 1 aliphatic heterocycles. The minimum Gasteiger partial charge on any atom is -0.481 e. The third kappa shape index (κ3) is 3.29. The van der Waals surface area contributed by atoms with Gasteiger partial charge in [-0.15, -0.1) is 0 Å². The number of carbonyl (C=O) groups excluding carboxylic acids is 1. The number of aliphatic carboxylic acids is 1. The number of carboxylic acids is 1. The van der Waals surface area contributed by atoms with E-state index in [9.17, 15) is 9.59 Å². The Morgan fingerprint density at radius 1 is 1.35 bits per heavy atom. The van der Waals surface area contributed by atoms with Crippen molar-refractivity contribution in [3.05, 3.63) is 29.8 Å². The predicted octanol–water partition coefficient (Wildman–Crippen LogP) is 1.38. The highest BCUT2D eigenvalue weighted by Crippen LogP contribution is 2.24. The first-order chi connectivity index (χ1) is 9.47. The van der Waals surface area contributed by atoms with Crippen molar-refractivity contribution in [2.75, 3.05) is 18.8 Å². The van der Waals surface area contributed by atoms with Gasteiger partial charge in [0.1, 0.15) is 0 Å². The standard InChI is InChI=1S/C15H20N2O3/c1-10(15(19)20)12-8-17(9-12)14(18)7-4-11-2-5-13(16)6-3-11/h2-3,5-6,10,12H,4,7-9,16H2,1H3,(H,19,20). The van der Waals surface area contributed by atoms with E-state index in [1.165, 1.54) is 0 Å². The molecule has 0 aromatic heterocycles. The topological polar surface area (TPSA) is 83.6 Å². The van der Waals surface area contributed by atoms with Crippen LogP contribution in [-0.4, -0.2) is 35.0 Å². The smallest absolute Gasteiger partial charge is 0.306 e. The average Bonchev–Trinajstić information content (AvgIpc) is 2.36. The van der Waals surface area contributed by atoms with Gasteiger partial charge in [-0.05, 0) is 24.1 Å². The molecular weight excluding hydrogens is 256 g/mol. The highest BCUT2D eigenvalue weighted by Gasteiger charge is 2.36. The Morgan fingerprint density at radius 2 is 1.95 bits per heavy atom. The van der Waals surface area contributed by atoms with Gasteiger partial charge in [-0.1, -0.05) is 19.1 Å². The first-order valence-corrected chi connectivity index (χ1v) is 6.82. The molecule has 0 aliphatic carbocycles. The summed E-state index contributed by atoms with van der Waals surface area (Å²) in [5.74, 6) is -0.983. The van der Waals surface area contributed by atoms with E-state index in [-0.39, 0.29) is 17.7 Å². The van der Waals surface area contributed by atoms with E-state index in [2.05, 4.69) is 0 Å². The van der Waals surface area contributed by atoms with Crippen molar-refractivity contribution < 1.29 is 14.7 Å². The lowest BCUT2D eigenvalue weighted by Gasteiger charge is -2.41. The number of benzene rings is 1. The van der Waals surface area contributed by atoms with Crippen LogP contribution in [0.1, 0.15) is 18.9 Å². The maximum atomic E-state index is 12.0. The van der Waals surface area contributed by atoms with Crippen molar-refractivity contribution in [1.29, 1.82) is 0 Å². The summed E-state index contributed by atoms with van der Waals surface area (Å²) in [6, 6.07) is 7.50. The number of hydrogen-bond donors (Lipinski definition) is 2. The van der Waals surface area contributed by atoms with Gasteiger partial charge < -0.3 is 15.7 Å². The van der Waals surface area contributed by atoms with Gasteiger partial charge in [0.25, 0.3) is 0 Å². The molecule has 1 amide bonds. The minimum atomic E-state index is -0.788. The van der Waals surface area contributed by atoms with Crippen LogP contribution in [0.25, 0.3) is 0 Å². The molecule has 1 fully saturated rings. The van der Waals surface area contributed by atoms with Crippen LogP contribution in [0.4, 0.5) is 5.69 Å². The summed E-state index contributed by atoms with van der Waals surface area (Å²) in [5.41, 5.74) is 7.41. The number of nitrogens with two attached hydrogens (primary N) is 1. The second-order valence-corrected chi connectivity index (χ2v) is 5.43. The Bertz CT molecular complexity index is 492. The van der Waals surface area contributed by atoms with Crippen molar-refractivity contribution in [2.24, 2.45) is 11.8 Å². The van der Waals surface area contributed by atoms with E-state index in [4.69, 9.17) is 10.8 Å². The molecule has 1 aliphatic rings. The molecule has 1 aromatic rings. The molecule has 108 valence electrons. The summed E-state index contributed by atoms with van der Waals surface area (Å²) in [6.07, 6.45) is 1.15. The predicted molar refractivity (Wildman–Crippen MR) is 76.0 cm³/mol. The number of amides is 1. The average molecular weight is 276 g/mol. The van der Waals surface area contributed by atoms with E-state index >= 15 is 0 Å². The Balaban J connectivity index is 1.75. The summed E-state index contributed by atoms with van der Waals surface area (Å²) in [6.45, 7) is 2.82. The summed E-state index contributed by atoms with van der Waals surface area (Å²) in [5, 5.41) is 8.90. The van der Waals surface area contributed by atoms with Gasteiger partial charge in [-0.2, -0.15) is 0 Å².